The predicted molar refractivity (Wildman–Crippen MR) is 243 cm³/mol. The van der Waals surface area contributed by atoms with Crippen molar-refractivity contribution in [2.45, 2.75) is 79.3 Å². The van der Waals surface area contributed by atoms with Crippen molar-refractivity contribution in [2.24, 2.45) is 0 Å². The van der Waals surface area contributed by atoms with Crippen LogP contribution in [0.5, 0.6) is 5.75 Å². The van der Waals surface area contributed by atoms with Gasteiger partial charge in [-0.15, -0.1) is 0 Å². The van der Waals surface area contributed by atoms with E-state index in [2.05, 4.69) is 168 Å². The third-order valence-electron chi connectivity index (χ3n) is 11.6. The lowest BCUT2D eigenvalue weighted by atomic mass is 9.87. The normalized spacial score (nSPS) is 12.0. The van der Waals surface area contributed by atoms with Crippen LogP contribution in [-0.2, 0) is 28.7 Å². The molecule has 0 radical (unpaired) electrons. The molecular weight excluding hydrogens is 725 g/mol. The first-order valence-corrected chi connectivity index (χ1v) is 20.5. The van der Waals surface area contributed by atoms with Crippen LogP contribution >= 0.6 is 0 Å². The number of aromatic nitrogens is 2. The van der Waals surface area contributed by atoms with Crippen LogP contribution in [0.4, 0.5) is 0 Å². The van der Waals surface area contributed by atoms with Gasteiger partial charge in [-0.05, 0) is 105 Å². The highest BCUT2D eigenvalue weighted by Gasteiger charge is 2.26. The number of ketones is 1. The van der Waals surface area contributed by atoms with Gasteiger partial charge in [0.15, 0.2) is 5.75 Å². The van der Waals surface area contributed by atoms with Crippen LogP contribution in [0.2, 0.25) is 0 Å². The summed E-state index contributed by atoms with van der Waals surface area (Å²) in [6.07, 6.45) is 3.67. The number of ether oxygens (including phenoxy) is 1. The van der Waals surface area contributed by atoms with Crippen molar-refractivity contribution in [1.82, 2.24) is 9.13 Å². The van der Waals surface area contributed by atoms with Crippen molar-refractivity contribution in [3.8, 4) is 28.0 Å². The summed E-state index contributed by atoms with van der Waals surface area (Å²) < 4.78 is 10.3. The van der Waals surface area contributed by atoms with Gasteiger partial charge in [-0.1, -0.05) is 151 Å². The minimum absolute atomic E-state index is 0.0384. The Morgan fingerprint density at radius 3 is 1.44 bits per heavy atom. The molecule has 0 amide bonds. The lowest BCUT2D eigenvalue weighted by molar-refractivity contribution is -0.129. The highest BCUT2D eigenvalue weighted by Crippen LogP contribution is 2.36. The van der Waals surface area contributed by atoms with E-state index in [1.165, 1.54) is 11.1 Å². The van der Waals surface area contributed by atoms with Crippen LogP contribution in [0, 0.1) is 13.8 Å². The zero-order chi connectivity index (χ0) is 41.6. The zero-order valence-electron chi connectivity index (χ0n) is 35.4. The van der Waals surface area contributed by atoms with E-state index in [0.717, 1.165) is 60.9 Å². The molecule has 0 N–H and O–H groups in total. The van der Waals surface area contributed by atoms with E-state index < -0.39 is 11.8 Å². The molecule has 59 heavy (non-hydrogen) atoms. The lowest BCUT2D eigenvalue weighted by Crippen LogP contribution is -2.20. The Morgan fingerprint density at radius 1 is 0.525 bits per heavy atom. The minimum Gasteiger partial charge on any atom is -0.418 e. The SMILES string of the molecule is Cc1ccccc1-c1ccc2c(c1)c(OC(=O)C(=O)c1cn(Cc3ccc(C(C)(C)C)cc3)c3ccc(-c4ccccc4C)cc13)cn2Cc1ccc(C(C)(C)C)cc1. The van der Waals surface area contributed by atoms with Gasteiger partial charge in [0.25, 0.3) is 5.78 Å². The number of Topliss-reactive ketones (excluding diaryl/α,β-unsaturated/α-hetero) is 1. The average molecular weight is 777 g/mol. The third-order valence-corrected chi connectivity index (χ3v) is 11.6. The smallest absolute Gasteiger partial charge is 0.385 e. The van der Waals surface area contributed by atoms with E-state index in [9.17, 15) is 9.59 Å². The highest BCUT2D eigenvalue weighted by molar-refractivity contribution is 6.43. The van der Waals surface area contributed by atoms with Crippen molar-refractivity contribution < 1.29 is 14.3 Å². The molecule has 0 spiro atoms. The first-order valence-electron chi connectivity index (χ1n) is 20.5. The molecule has 0 aliphatic carbocycles. The molecule has 0 bridgehead atoms. The Hall–Kier alpha value is -6.46. The number of benzene rings is 6. The van der Waals surface area contributed by atoms with Crippen LogP contribution in [0.15, 0.2) is 146 Å². The van der Waals surface area contributed by atoms with Gasteiger partial charge in [0.1, 0.15) is 0 Å². The third kappa shape index (κ3) is 8.03. The average Bonchev–Trinajstić information content (AvgIpc) is 3.74. The maximum atomic E-state index is 14.5. The Labute approximate surface area is 347 Å². The van der Waals surface area contributed by atoms with Gasteiger partial charge in [-0.2, -0.15) is 0 Å². The van der Waals surface area contributed by atoms with E-state index in [1.54, 1.807) is 0 Å². The first kappa shape index (κ1) is 39.4. The number of hydrogen-bond donors (Lipinski definition) is 0. The quantitative estimate of drug-likeness (QED) is 0.0833. The van der Waals surface area contributed by atoms with Gasteiger partial charge in [-0.3, -0.25) is 4.79 Å². The molecule has 0 aliphatic heterocycles. The van der Waals surface area contributed by atoms with Gasteiger partial charge in [0.2, 0.25) is 0 Å². The van der Waals surface area contributed by atoms with Crippen LogP contribution < -0.4 is 4.74 Å². The zero-order valence-corrected chi connectivity index (χ0v) is 35.4. The second kappa shape index (κ2) is 15.4. The first-order chi connectivity index (χ1) is 28.1. The molecule has 296 valence electrons. The summed E-state index contributed by atoms with van der Waals surface area (Å²) in [4.78, 5) is 28.7. The van der Waals surface area contributed by atoms with E-state index in [-0.39, 0.29) is 10.8 Å². The number of nitrogens with zero attached hydrogens (tertiary/aromatic N) is 2. The van der Waals surface area contributed by atoms with E-state index >= 15 is 0 Å². The molecule has 2 heterocycles. The number of aryl methyl sites for hydroxylation is 2. The van der Waals surface area contributed by atoms with Crippen LogP contribution in [-0.4, -0.2) is 20.9 Å². The van der Waals surface area contributed by atoms with Gasteiger partial charge >= 0.3 is 5.97 Å². The number of carbonyl (C=O) groups excluding carboxylic acids is 2. The Bertz CT molecular complexity index is 2860. The van der Waals surface area contributed by atoms with E-state index in [4.69, 9.17) is 4.74 Å². The standard InChI is InChI=1S/C54H52N2O3/c1-35-13-9-11-15-43(35)39-21-27-48-45(29-39)47(33-55(48)31-37-17-23-41(24-18-37)53(3,4)5)51(57)52(58)59-50-34-56(32-38-19-25-42(26-20-38)54(6,7)8)49-28-22-40(30-46(49)50)44-16-12-10-14-36(44)2/h9-30,33-34H,31-32H2,1-8H3. The molecule has 8 rings (SSSR count). The summed E-state index contributed by atoms with van der Waals surface area (Å²) >= 11 is 0. The molecule has 0 unspecified atom stereocenters. The molecule has 5 heteroatoms. The second-order valence-corrected chi connectivity index (χ2v) is 18.0. The van der Waals surface area contributed by atoms with Gasteiger partial charge in [0, 0.05) is 41.8 Å². The van der Waals surface area contributed by atoms with Gasteiger partial charge in [0.05, 0.1) is 11.1 Å². The Morgan fingerprint density at radius 2 is 0.966 bits per heavy atom. The molecule has 6 aromatic carbocycles. The molecular formula is C54H52N2O3. The molecule has 0 saturated heterocycles. The molecule has 0 atom stereocenters. The molecule has 0 saturated carbocycles. The fraction of sp³-hybridized carbons (Fsp3) is 0.222. The lowest BCUT2D eigenvalue weighted by Gasteiger charge is -2.19. The summed E-state index contributed by atoms with van der Waals surface area (Å²) in [6, 6.07) is 46.2. The molecule has 5 nitrogen and oxygen atoms in total. The monoisotopic (exact) mass is 776 g/mol. The fourth-order valence-corrected chi connectivity index (χ4v) is 8.08. The predicted octanol–water partition coefficient (Wildman–Crippen LogP) is 13.0. The second-order valence-electron chi connectivity index (χ2n) is 18.0. The van der Waals surface area contributed by atoms with Crippen LogP contribution in [0.25, 0.3) is 44.1 Å². The molecule has 0 fully saturated rings. The summed E-state index contributed by atoms with van der Waals surface area (Å²) in [7, 11) is 0. The number of carbonyl (C=O) groups is 2. The van der Waals surface area contributed by atoms with Gasteiger partial charge < -0.3 is 13.9 Å². The molecule has 0 aliphatic rings. The van der Waals surface area contributed by atoms with Crippen LogP contribution in [0.1, 0.15) is 85.3 Å². The highest BCUT2D eigenvalue weighted by atomic mass is 16.5. The topological polar surface area (TPSA) is 53.2 Å². The van der Waals surface area contributed by atoms with Crippen molar-refractivity contribution in [3.63, 3.8) is 0 Å². The van der Waals surface area contributed by atoms with Crippen molar-refractivity contribution >= 4 is 33.6 Å². The van der Waals surface area contributed by atoms with Crippen molar-refractivity contribution in [3.05, 3.63) is 185 Å². The number of esters is 1. The minimum atomic E-state index is -0.922. The van der Waals surface area contributed by atoms with Crippen LogP contribution in [0.3, 0.4) is 0 Å². The summed E-state index contributed by atoms with van der Waals surface area (Å²) in [5, 5.41) is 1.48. The number of fused-ring (bicyclic) bond motifs is 2. The maximum absolute atomic E-state index is 14.5. The number of rotatable bonds is 9. The maximum Gasteiger partial charge on any atom is 0.385 e. The van der Waals surface area contributed by atoms with E-state index in [0.29, 0.717) is 29.8 Å². The van der Waals surface area contributed by atoms with Gasteiger partial charge in [-0.25, -0.2) is 4.79 Å². The Balaban J connectivity index is 1.18. The van der Waals surface area contributed by atoms with Crippen molar-refractivity contribution in [2.75, 3.05) is 0 Å². The molecule has 8 aromatic rings. The molecule has 2 aromatic heterocycles. The fourth-order valence-electron chi connectivity index (χ4n) is 8.08. The Kier molecular flexibility index (Phi) is 10.3. The summed E-state index contributed by atoms with van der Waals surface area (Å²) in [6.45, 7) is 18.5. The van der Waals surface area contributed by atoms with Crippen molar-refractivity contribution in [1.29, 1.82) is 0 Å². The number of hydrogen-bond acceptors (Lipinski definition) is 3. The van der Waals surface area contributed by atoms with E-state index in [1.807, 2.05) is 42.7 Å². The summed E-state index contributed by atoms with van der Waals surface area (Å²) in [5.74, 6) is -1.26. The summed E-state index contributed by atoms with van der Waals surface area (Å²) in [5.41, 5.74) is 13.4. The largest absolute Gasteiger partial charge is 0.418 e.